The summed E-state index contributed by atoms with van der Waals surface area (Å²) in [5, 5.41) is 0. The summed E-state index contributed by atoms with van der Waals surface area (Å²) in [6, 6.07) is 0. The molecule has 0 N–H and O–H groups in total. The van der Waals surface area contributed by atoms with Gasteiger partial charge in [0.05, 0.1) is 0 Å². The topological polar surface area (TPSA) is 0 Å². The van der Waals surface area contributed by atoms with Crippen molar-refractivity contribution in [2.45, 2.75) is 33.1 Å². The molecule has 0 radical (unpaired) electrons. The molecule has 0 aromatic carbocycles. The minimum Gasteiger partial charge on any atom is -0.0993 e. The maximum atomic E-state index is 4.17. The maximum Gasteiger partial charge on any atom is -0.00593 e. The van der Waals surface area contributed by atoms with Crippen LogP contribution in [0.1, 0.15) is 33.1 Å². The Kier molecular flexibility index (Phi) is 1.07. The Hall–Kier alpha value is -0.260. The number of hydrogen-bond donors (Lipinski definition) is 0. The molecule has 3 unspecified atom stereocenters. The van der Waals surface area contributed by atoms with Gasteiger partial charge in [-0.3, -0.25) is 0 Å². The van der Waals surface area contributed by atoms with Crippen molar-refractivity contribution >= 4 is 0 Å². The fraction of sp³-hybridized carbons (Fsp3) is 0.800. The van der Waals surface area contributed by atoms with E-state index in [0.29, 0.717) is 5.41 Å². The summed E-state index contributed by atoms with van der Waals surface area (Å²) < 4.78 is 0. The molecule has 0 aliphatic heterocycles. The van der Waals surface area contributed by atoms with E-state index in [1.54, 1.807) is 5.57 Å². The van der Waals surface area contributed by atoms with Crippen molar-refractivity contribution in [1.29, 1.82) is 0 Å². The highest BCUT2D eigenvalue weighted by atomic mass is 14.6. The molecule has 2 rings (SSSR count). The third kappa shape index (κ3) is 0.624. The van der Waals surface area contributed by atoms with Gasteiger partial charge in [-0.05, 0) is 36.5 Å². The van der Waals surface area contributed by atoms with Crippen LogP contribution in [0.2, 0.25) is 0 Å². The SMILES string of the molecule is C=C1CC(C)CC12CC2C. The largest absolute Gasteiger partial charge is 0.0993 e. The summed E-state index contributed by atoms with van der Waals surface area (Å²) in [4.78, 5) is 0. The second-order valence-corrected chi connectivity index (χ2v) is 4.38. The van der Waals surface area contributed by atoms with Gasteiger partial charge in [-0.2, -0.15) is 0 Å². The van der Waals surface area contributed by atoms with Gasteiger partial charge in [0.2, 0.25) is 0 Å². The highest BCUT2D eigenvalue weighted by molar-refractivity contribution is 5.26. The van der Waals surface area contributed by atoms with Gasteiger partial charge in [-0.25, -0.2) is 0 Å². The van der Waals surface area contributed by atoms with E-state index in [-0.39, 0.29) is 0 Å². The molecular formula is C10H16. The lowest BCUT2D eigenvalue weighted by atomic mass is 9.98. The number of rotatable bonds is 0. The highest BCUT2D eigenvalue weighted by Crippen LogP contribution is 2.66. The van der Waals surface area contributed by atoms with E-state index in [1.165, 1.54) is 19.3 Å². The van der Waals surface area contributed by atoms with Crippen LogP contribution in [0.5, 0.6) is 0 Å². The molecule has 56 valence electrons. The van der Waals surface area contributed by atoms with E-state index in [9.17, 15) is 0 Å². The molecule has 0 bridgehead atoms. The fourth-order valence-corrected chi connectivity index (χ4v) is 2.73. The van der Waals surface area contributed by atoms with Crippen molar-refractivity contribution in [2.75, 3.05) is 0 Å². The summed E-state index contributed by atoms with van der Waals surface area (Å²) in [5.74, 6) is 1.86. The quantitative estimate of drug-likeness (QED) is 0.449. The molecule has 2 fully saturated rings. The molecule has 0 nitrogen and oxygen atoms in total. The molecular weight excluding hydrogens is 120 g/mol. The monoisotopic (exact) mass is 136 g/mol. The summed E-state index contributed by atoms with van der Waals surface area (Å²) >= 11 is 0. The zero-order chi connectivity index (χ0) is 7.35. The maximum absolute atomic E-state index is 4.17. The molecule has 1 spiro atoms. The molecule has 0 aromatic heterocycles. The van der Waals surface area contributed by atoms with Crippen LogP contribution in [0.25, 0.3) is 0 Å². The van der Waals surface area contributed by atoms with E-state index < -0.39 is 0 Å². The van der Waals surface area contributed by atoms with Crippen LogP contribution < -0.4 is 0 Å². The van der Waals surface area contributed by atoms with Crippen molar-refractivity contribution in [3.63, 3.8) is 0 Å². The lowest BCUT2D eigenvalue weighted by molar-refractivity contribution is 0.498. The smallest absolute Gasteiger partial charge is 0.00593 e. The van der Waals surface area contributed by atoms with Crippen LogP contribution in [0.15, 0.2) is 12.2 Å². The molecule has 0 heteroatoms. The Balaban J connectivity index is 2.19. The molecule has 2 aliphatic carbocycles. The van der Waals surface area contributed by atoms with Gasteiger partial charge < -0.3 is 0 Å². The van der Waals surface area contributed by atoms with Crippen molar-refractivity contribution in [1.82, 2.24) is 0 Å². The van der Waals surface area contributed by atoms with Crippen molar-refractivity contribution in [3.05, 3.63) is 12.2 Å². The first-order valence-corrected chi connectivity index (χ1v) is 4.33. The van der Waals surface area contributed by atoms with Gasteiger partial charge in [-0.15, -0.1) is 0 Å². The van der Waals surface area contributed by atoms with Crippen LogP contribution >= 0.6 is 0 Å². The van der Waals surface area contributed by atoms with Crippen LogP contribution in [0.3, 0.4) is 0 Å². The minimum absolute atomic E-state index is 0.638. The summed E-state index contributed by atoms with van der Waals surface area (Å²) in [5.41, 5.74) is 2.19. The lowest BCUT2D eigenvalue weighted by Crippen LogP contribution is -1.97. The number of allylic oxidation sites excluding steroid dienone is 1. The van der Waals surface area contributed by atoms with E-state index in [1.807, 2.05) is 0 Å². The summed E-state index contributed by atoms with van der Waals surface area (Å²) in [6.07, 6.45) is 4.15. The average molecular weight is 136 g/mol. The van der Waals surface area contributed by atoms with Crippen molar-refractivity contribution in [3.8, 4) is 0 Å². The van der Waals surface area contributed by atoms with Gasteiger partial charge in [0.15, 0.2) is 0 Å². The Bertz CT molecular complexity index is 180. The second kappa shape index (κ2) is 1.66. The number of hydrogen-bond acceptors (Lipinski definition) is 0. The average Bonchev–Trinajstić information content (AvgIpc) is 2.33. The van der Waals surface area contributed by atoms with E-state index in [2.05, 4.69) is 20.4 Å². The predicted octanol–water partition coefficient (Wildman–Crippen LogP) is 3.00. The first-order valence-electron chi connectivity index (χ1n) is 4.33. The predicted molar refractivity (Wildman–Crippen MR) is 43.8 cm³/mol. The van der Waals surface area contributed by atoms with Crippen LogP contribution in [-0.4, -0.2) is 0 Å². The molecule has 10 heavy (non-hydrogen) atoms. The molecule has 2 saturated carbocycles. The van der Waals surface area contributed by atoms with E-state index in [4.69, 9.17) is 0 Å². The summed E-state index contributed by atoms with van der Waals surface area (Å²) in [7, 11) is 0. The highest BCUT2D eigenvalue weighted by Gasteiger charge is 2.56. The van der Waals surface area contributed by atoms with Crippen molar-refractivity contribution < 1.29 is 0 Å². The third-order valence-electron chi connectivity index (χ3n) is 3.47. The van der Waals surface area contributed by atoms with Crippen LogP contribution in [0, 0.1) is 17.3 Å². The first kappa shape index (κ1) is 6.45. The van der Waals surface area contributed by atoms with Gasteiger partial charge in [-0.1, -0.05) is 26.0 Å². The van der Waals surface area contributed by atoms with Gasteiger partial charge in [0, 0.05) is 0 Å². The van der Waals surface area contributed by atoms with E-state index >= 15 is 0 Å². The van der Waals surface area contributed by atoms with Crippen LogP contribution in [-0.2, 0) is 0 Å². The lowest BCUT2D eigenvalue weighted by Gasteiger charge is -2.07. The Labute approximate surface area is 63.3 Å². The Morgan fingerprint density at radius 1 is 1.40 bits per heavy atom. The van der Waals surface area contributed by atoms with Crippen LogP contribution in [0.4, 0.5) is 0 Å². The summed E-state index contributed by atoms with van der Waals surface area (Å²) in [6.45, 7) is 8.89. The Morgan fingerprint density at radius 2 is 2.00 bits per heavy atom. The second-order valence-electron chi connectivity index (χ2n) is 4.38. The third-order valence-corrected chi connectivity index (χ3v) is 3.47. The zero-order valence-electron chi connectivity index (χ0n) is 6.98. The molecule has 3 atom stereocenters. The normalized spacial score (nSPS) is 52.4. The Morgan fingerprint density at radius 3 is 2.20 bits per heavy atom. The first-order chi connectivity index (χ1) is 4.65. The zero-order valence-corrected chi connectivity index (χ0v) is 6.98. The van der Waals surface area contributed by atoms with Gasteiger partial charge in [0.25, 0.3) is 0 Å². The fourth-order valence-electron chi connectivity index (χ4n) is 2.73. The standard InChI is InChI=1S/C10H16/c1-7-4-8(2)10(5-7)6-9(10)3/h7,9H,2,4-6H2,1,3H3. The van der Waals surface area contributed by atoms with Gasteiger partial charge >= 0.3 is 0 Å². The van der Waals surface area contributed by atoms with E-state index in [0.717, 1.165) is 11.8 Å². The van der Waals surface area contributed by atoms with Crippen molar-refractivity contribution in [2.24, 2.45) is 17.3 Å². The molecule has 0 amide bonds. The molecule has 0 heterocycles. The van der Waals surface area contributed by atoms with Gasteiger partial charge in [0.1, 0.15) is 0 Å². The molecule has 0 aromatic rings. The minimum atomic E-state index is 0.638. The molecule has 2 aliphatic rings. The molecule has 0 saturated heterocycles.